The van der Waals surface area contributed by atoms with Crippen LogP contribution in [0.4, 0.5) is 0 Å². The molecule has 0 unspecified atom stereocenters. The average molecular weight is 348 g/mol. The lowest BCUT2D eigenvalue weighted by Gasteiger charge is -2.29. The number of hydrogen-bond acceptors (Lipinski definition) is 4. The van der Waals surface area contributed by atoms with Gasteiger partial charge in [0.2, 0.25) is 5.91 Å². The van der Waals surface area contributed by atoms with Gasteiger partial charge in [0.05, 0.1) is 12.5 Å². The van der Waals surface area contributed by atoms with Crippen molar-refractivity contribution in [2.75, 3.05) is 6.54 Å². The van der Waals surface area contributed by atoms with Crippen molar-refractivity contribution in [2.24, 2.45) is 5.92 Å². The smallest absolute Gasteiger partial charge is 0.223 e. The number of aromatic nitrogens is 1. The maximum Gasteiger partial charge on any atom is 0.223 e. The van der Waals surface area contributed by atoms with Crippen molar-refractivity contribution >= 4 is 18.3 Å². The predicted octanol–water partition coefficient (Wildman–Crippen LogP) is 2.68. The molecule has 1 saturated carbocycles. The Morgan fingerprint density at radius 2 is 2.25 bits per heavy atom. The van der Waals surface area contributed by atoms with Crippen molar-refractivity contribution in [1.82, 2.24) is 15.2 Å². The third-order valence-electron chi connectivity index (χ3n) is 4.70. The lowest BCUT2D eigenvalue weighted by atomic mass is 9.97. The monoisotopic (exact) mass is 347 g/mol. The fraction of sp³-hybridized carbons (Fsp3) is 0.444. The second kappa shape index (κ2) is 7.36. The van der Waals surface area contributed by atoms with E-state index in [1.54, 1.807) is 12.5 Å². The lowest BCUT2D eigenvalue weighted by Crippen LogP contribution is -2.32. The van der Waals surface area contributed by atoms with Gasteiger partial charge in [-0.3, -0.25) is 14.7 Å². The van der Waals surface area contributed by atoms with Gasteiger partial charge >= 0.3 is 0 Å². The number of hydrogen-bond donors (Lipinski definition) is 1. The number of nitrogens with zero attached hydrogens (tertiary/aromatic N) is 2. The van der Waals surface area contributed by atoms with Gasteiger partial charge in [-0.05, 0) is 42.0 Å². The summed E-state index contributed by atoms with van der Waals surface area (Å²) < 4.78 is 5.14. The minimum Gasteiger partial charge on any atom is -0.472 e. The molecule has 5 nitrogen and oxygen atoms in total. The van der Waals surface area contributed by atoms with Crippen molar-refractivity contribution in [3.63, 3.8) is 0 Å². The molecule has 0 saturated heterocycles. The molecule has 1 amide bonds. The van der Waals surface area contributed by atoms with E-state index in [1.807, 2.05) is 18.5 Å². The zero-order valence-corrected chi connectivity index (χ0v) is 14.3. The molecule has 1 N–H and O–H groups in total. The van der Waals surface area contributed by atoms with Gasteiger partial charge in [0, 0.05) is 50.1 Å². The summed E-state index contributed by atoms with van der Waals surface area (Å²) in [7, 11) is 0. The van der Waals surface area contributed by atoms with Crippen LogP contribution in [0.15, 0.2) is 35.4 Å². The molecule has 24 heavy (non-hydrogen) atoms. The number of carbonyl (C=O) groups excluding carboxylic acids is 1. The van der Waals surface area contributed by atoms with Crippen LogP contribution in [0.1, 0.15) is 35.1 Å². The van der Waals surface area contributed by atoms with Crippen molar-refractivity contribution in [3.8, 4) is 0 Å². The highest BCUT2D eigenvalue weighted by Gasteiger charge is 2.29. The highest BCUT2D eigenvalue weighted by Crippen LogP contribution is 2.29. The van der Waals surface area contributed by atoms with Gasteiger partial charge in [-0.25, -0.2) is 0 Å². The molecule has 2 aromatic heterocycles. The summed E-state index contributed by atoms with van der Waals surface area (Å²) >= 11 is 0. The molecule has 1 aliphatic heterocycles. The molecular weight excluding hydrogens is 326 g/mol. The third-order valence-corrected chi connectivity index (χ3v) is 4.70. The van der Waals surface area contributed by atoms with Gasteiger partial charge in [-0.2, -0.15) is 0 Å². The molecule has 0 bridgehead atoms. The summed E-state index contributed by atoms with van der Waals surface area (Å²) in [5, 5.41) is 3.05. The highest BCUT2D eigenvalue weighted by molar-refractivity contribution is 5.85. The zero-order valence-electron chi connectivity index (χ0n) is 13.5. The van der Waals surface area contributed by atoms with Gasteiger partial charge in [0.1, 0.15) is 0 Å². The fourth-order valence-electron chi connectivity index (χ4n) is 3.23. The molecular formula is C18H22ClN3O2. The number of furan rings is 1. The lowest BCUT2D eigenvalue weighted by molar-refractivity contribution is -0.122. The molecule has 0 atom stereocenters. The Morgan fingerprint density at radius 1 is 1.38 bits per heavy atom. The van der Waals surface area contributed by atoms with E-state index in [2.05, 4.69) is 15.2 Å². The Labute approximate surface area is 147 Å². The van der Waals surface area contributed by atoms with Crippen LogP contribution in [0.25, 0.3) is 0 Å². The van der Waals surface area contributed by atoms with Crippen LogP contribution >= 0.6 is 12.4 Å². The Hall–Kier alpha value is -1.85. The van der Waals surface area contributed by atoms with Crippen LogP contribution in [0.5, 0.6) is 0 Å². The van der Waals surface area contributed by atoms with Gasteiger partial charge in [0.25, 0.3) is 0 Å². The average Bonchev–Trinajstić information content (AvgIpc) is 3.30. The summed E-state index contributed by atoms with van der Waals surface area (Å²) in [5.74, 6) is 0.452. The number of pyridine rings is 1. The number of nitrogens with one attached hydrogen (secondary N) is 1. The molecule has 6 heteroatoms. The van der Waals surface area contributed by atoms with Crippen LogP contribution in [-0.4, -0.2) is 22.3 Å². The van der Waals surface area contributed by atoms with E-state index >= 15 is 0 Å². The third kappa shape index (κ3) is 3.79. The summed E-state index contributed by atoms with van der Waals surface area (Å²) in [6, 6.07) is 2.01. The summed E-state index contributed by atoms with van der Waals surface area (Å²) in [6.45, 7) is 3.43. The fourth-order valence-corrected chi connectivity index (χ4v) is 3.23. The zero-order chi connectivity index (χ0) is 15.6. The van der Waals surface area contributed by atoms with Crippen molar-refractivity contribution in [2.45, 2.75) is 38.9 Å². The van der Waals surface area contributed by atoms with Gasteiger partial charge < -0.3 is 9.73 Å². The van der Waals surface area contributed by atoms with E-state index in [9.17, 15) is 4.79 Å². The van der Waals surface area contributed by atoms with E-state index in [-0.39, 0.29) is 24.2 Å². The van der Waals surface area contributed by atoms with E-state index < -0.39 is 0 Å². The molecule has 3 heterocycles. The summed E-state index contributed by atoms with van der Waals surface area (Å²) in [6.07, 6.45) is 10.5. The first-order chi connectivity index (χ1) is 11.3. The number of rotatable bonds is 5. The summed E-state index contributed by atoms with van der Waals surface area (Å²) in [4.78, 5) is 18.6. The Balaban J connectivity index is 0.00000169. The van der Waals surface area contributed by atoms with Crippen molar-refractivity contribution in [3.05, 3.63) is 53.2 Å². The minimum absolute atomic E-state index is 0. The largest absolute Gasteiger partial charge is 0.472 e. The topological polar surface area (TPSA) is 58.4 Å². The second-order valence-corrected chi connectivity index (χ2v) is 6.52. The first-order valence-corrected chi connectivity index (χ1v) is 8.25. The van der Waals surface area contributed by atoms with E-state index in [0.29, 0.717) is 6.54 Å². The molecule has 128 valence electrons. The van der Waals surface area contributed by atoms with Crippen LogP contribution in [0.2, 0.25) is 0 Å². The minimum atomic E-state index is 0. The number of amides is 1. The first kappa shape index (κ1) is 17.0. The molecule has 2 aliphatic rings. The maximum atomic E-state index is 11.8. The normalized spacial score (nSPS) is 17.0. The van der Waals surface area contributed by atoms with E-state index in [1.165, 1.54) is 22.3 Å². The molecule has 1 fully saturated rings. The maximum absolute atomic E-state index is 11.8. The molecule has 0 spiro atoms. The van der Waals surface area contributed by atoms with Crippen LogP contribution < -0.4 is 5.32 Å². The van der Waals surface area contributed by atoms with Gasteiger partial charge in [-0.15, -0.1) is 12.4 Å². The highest BCUT2D eigenvalue weighted by atomic mass is 35.5. The predicted molar refractivity (Wildman–Crippen MR) is 92.6 cm³/mol. The quantitative estimate of drug-likeness (QED) is 0.903. The first-order valence-electron chi connectivity index (χ1n) is 8.25. The van der Waals surface area contributed by atoms with Crippen molar-refractivity contribution in [1.29, 1.82) is 0 Å². The van der Waals surface area contributed by atoms with E-state index in [4.69, 9.17) is 4.42 Å². The van der Waals surface area contributed by atoms with E-state index in [0.717, 1.165) is 38.9 Å². The summed E-state index contributed by atoms with van der Waals surface area (Å²) in [5.41, 5.74) is 5.01. The Kier molecular flexibility index (Phi) is 5.21. The number of halogens is 1. The molecule has 0 radical (unpaired) electrons. The van der Waals surface area contributed by atoms with Crippen LogP contribution in [0, 0.1) is 5.92 Å². The number of fused-ring (bicyclic) bond motifs is 1. The van der Waals surface area contributed by atoms with Crippen LogP contribution in [0.3, 0.4) is 0 Å². The van der Waals surface area contributed by atoms with Crippen LogP contribution in [-0.2, 0) is 30.8 Å². The Bertz CT molecular complexity index is 698. The van der Waals surface area contributed by atoms with Crippen molar-refractivity contribution < 1.29 is 9.21 Å². The standard InChI is InChI=1S/C18H21N3O2.ClH/c22-18(14-1-2-14)20-9-15-7-19-8-16-11-21(5-3-17(15)16)10-13-4-6-23-12-13;/h4,6-8,12,14H,1-3,5,9-11H2,(H,20,22);1H. The molecule has 0 aromatic carbocycles. The molecule has 2 aromatic rings. The van der Waals surface area contributed by atoms with Gasteiger partial charge in [-0.1, -0.05) is 0 Å². The number of carbonyl (C=O) groups is 1. The Morgan fingerprint density at radius 3 is 3.00 bits per heavy atom. The SMILES string of the molecule is Cl.O=C(NCc1cncc2c1CCN(Cc1ccoc1)C2)C1CC1. The van der Waals surface area contributed by atoms with Gasteiger partial charge in [0.15, 0.2) is 0 Å². The molecule has 1 aliphatic carbocycles. The second-order valence-electron chi connectivity index (χ2n) is 6.52. The molecule has 4 rings (SSSR count).